The van der Waals surface area contributed by atoms with Gasteiger partial charge >= 0.3 is 0 Å². The van der Waals surface area contributed by atoms with Gasteiger partial charge in [-0.05, 0) is 5.56 Å². The van der Waals surface area contributed by atoms with Crippen LogP contribution in [0.5, 0.6) is 0 Å². The van der Waals surface area contributed by atoms with Gasteiger partial charge in [-0.25, -0.2) is 9.99 Å². The van der Waals surface area contributed by atoms with E-state index in [2.05, 4.69) is 25.8 Å². The van der Waals surface area contributed by atoms with Gasteiger partial charge in [0.05, 0.1) is 25.5 Å². The Morgan fingerprint density at radius 1 is 1.03 bits per heavy atom. The highest BCUT2D eigenvalue weighted by atomic mass is 32.1. The number of morpholine rings is 1. The molecule has 0 spiro atoms. The highest BCUT2D eigenvalue weighted by Crippen LogP contribution is 2.21. The van der Waals surface area contributed by atoms with Gasteiger partial charge in [0.15, 0.2) is 5.13 Å². The molecule has 2 N–H and O–H groups in total. The molecule has 2 aromatic rings. The van der Waals surface area contributed by atoms with Gasteiger partial charge in [0.1, 0.15) is 5.69 Å². The van der Waals surface area contributed by atoms with E-state index in [1.165, 1.54) is 16.3 Å². The molecule has 10 nitrogen and oxygen atoms in total. The lowest BCUT2D eigenvalue weighted by atomic mass is 10.1. The third-order valence-electron chi connectivity index (χ3n) is 5.08. The van der Waals surface area contributed by atoms with Gasteiger partial charge in [0.25, 0.3) is 5.91 Å². The molecule has 32 heavy (non-hydrogen) atoms. The minimum atomic E-state index is -0.503. The first kappa shape index (κ1) is 21.9. The van der Waals surface area contributed by atoms with Crippen molar-refractivity contribution in [3.63, 3.8) is 0 Å². The maximum absolute atomic E-state index is 12.4. The summed E-state index contributed by atoms with van der Waals surface area (Å²) in [7, 11) is 0. The molecule has 4 rings (SSSR count). The van der Waals surface area contributed by atoms with Crippen molar-refractivity contribution in [2.75, 3.05) is 37.7 Å². The standard InChI is InChI=1S/C21H24N6O4S/c28-18(6-7-19(29)27-9-8-16(25-27)15-4-2-1-3-5-15)23-24-20(30)17-14-32-21(22-17)26-10-12-31-13-11-26/h1-5,14H,6-13H2,(H,23,28)(H,24,30). The number of hydrogen-bond acceptors (Lipinski definition) is 8. The Hall–Kier alpha value is -3.31. The summed E-state index contributed by atoms with van der Waals surface area (Å²) in [6.07, 6.45) is 0.630. The Labute approximate surface area is 189 Å². The Morgan fingerprint density at radius 3 is 2.59 bits per heavy atom. The molecule has 3 amide bonds. The number of benzene rings is 1. The molecule has 0 saturated carbocycles. The molecule has 1 saturated heterocycles. The van der Waals surface area contributed by atoms with E-state index in [-0.39, 0.29) is 24.4 Å². The zero-order valence-electron chi connectivity index (χ0n) is 17.5. The number of rotatable bonds is 6. The van der Waals surface area contributed by atoms with E-state index in [0.717, 1.165) is 29.5 Å². The van der Waals surface area contributed by atoms with E-state index in [1.54, 1.807) is 5.38 Å². The normalized spacial score (nSPS) is 15.9. The third-order valence-corrected chi connectivity index (χ3v) is 5.99. The lowest BCUT2D eigenvalue weighted by Gasteiger charge is -2.25. The monoisotopic (exact) mass is 456 g/mol. The van der Waals surface area contributed by atoms with Crippen molar-refractivity contribution in [3.05, 3.63) is 47.0 Å². The number of hydrazine groups is 1. The summed E-state index contributed by atoms with van der Waals surface area (Å²) in [5.74, 6) is -1.19. The Morgan fingerprint density at radius 2 is 1.81 bits per heavy atom. The third kappa shape index (κ3) is 5.48. The molecule has 1 aromatic carbocycles. The van der Waals surface area contributed by atoms with Crippen molar-refractivity contribution in [2.45, 2.75) is 19.3 Å². The van der Waals surface area contributed by atoms with E-state index in [9.17, 15) is 14.4 Å². The maximum Gasteiger partial charge on any atom is 0.289 e. The first-order valence-corrected chi connectivity index (χ1v) is 11.3. The van der Waals surface area contributed by atoms with Crippen LogP contribution in [-0.4, -0.2) is 66.3 Å². The number of hydrazone groups is 1. The first-order valence-electron chi connectivity index (χ1n) is 10.4. The number of ether oxygens (including phenoxy) is 1. The quantitative estimate of drug-likeness (QED) is 0.630. The molecule has 1 fully saturated rings. The highest BCUT2D eigenvalue weighted by Gasteiger charge is 2.22. The SMILES string of the molecule is O=C(CCC(=O)N1CCC(c2ccccc2)=N1)NNC(=O)c1csc(N2CCOCC2)n1. The van der Waals surface area contributed by atoms with Gasteiger partial charge in [-0.2, -0.15) is 5.10 Å². The topological polar surface area (TPSA) is 116 Å². The number of anilines is 1. The van der Waals surface area contributed by atoms with E-state index in [0.29, 0.717) is 26.2 Å². The summed E-state index contributed by atoms with van der Waals surface area (Å²) in [5, 5.41) is 8.16. The van der Waals surface area contributed by atoms with Crippen LogP contribution in [0.1, 0.15) is 35.3 Å². The van der Waals surface area contributed by atoms with Crippen molar-refractivity contribution < 1.29 is 19.1 Å². The van der Waals surface area contributed by atoms with Crippen molar-refractivity contribution in [1.29, 1.82) is 0 Å². The molecule has 168 valence electrons. The van der Waals surface area contributed by atoms with Gasteiger partial charge in [-0.3, -0.25) is 25.2 Å². The number of carbonyl (C=O) groups excluding carboxylic acids is 3. The molecule has 2 aliphatic rings. The second-order valence-corrected chi connectivity index (χ2v) is 8.13. The number of carbonyl (C=O) groups is 3. The number of hydrogen-bond donors (Lipinski definition) is 2. The number of thiazole rings is 1. The van der Waals surface area contributed by atoms with Gasteiger partial charge in [-0.15, -0.1) is 11.3 Å². The van der Waals surface area contributed by atoms with Gasteiger partial charge in [0.2, 0.25) is 11.8 Å². The number of nitrogens with one attached hydrogen (secondary N) is 2. The molecule has 1 aromatic heterocycles. The van der Waals surface area contributed by atoms with Crippen LogP contribution >= 0.6 is 11.3 Å². The van der Waals surface area contributed by atoms with E-state index in [1.807, 2.05) is 30.3 Å². The summed E-state index contributed by atoms with van der Waals surface area (Å²) >= 11 is 1.37. The van der Waals surface area contributed by atoms with Crippen molar-refractivity contribution >= 4 is 39.9 Å². The molecular formula is C21H24N6O4S. The molecule has 0 radical (unpaired) electrons. The first-order chi connectivity index (χ1) is 15.6. The van der Waals surface area contributed by atoms with Crippen LogP contribution in [0.15, 0.2) is 40.8 Å². The van der Waals surface area contributed by atoms with E-state index >= 15 is 0 Å². The van der Waals surface area contributed by atoms with Crippen LogP contribution in [0, 0.1) is 0 Å². The lowest BCUT2D eigenvalue weighted by Crippen LogP contribution is -2.42. The van der Waals surface area contributed by atoms with Crippen LogP contribution in [0.25, 0.3) is 0 Å². The number of aromatic nitrogens is 1. The number of amides is 3. The van der Waals surface area contributed by atoms with Gasteiger partial charge in [0, 0.05) is 37.7 Å². The Balaban J connectivity index is 1.20. The second-order valence-electron chi connectivity index (χ2n) is 7.30. The highest BCUT2D eigenvalue weighted by molar-refractivity contribution is 7.13. The average Bonchev–Trinajstić information content (AvgIpc) is 3.53. The van der Waals surface area contributed by atoms with E-state index in [4.69, 9.17) is 4.74 Å². The van der Waals surface area contributed by atoms with Crippen LogP contribution in [0.3, 0.4) is 0 Å². The molecule has 0 bridgehead atoms. The molecule has 2 aliphatic heterocycles. The summed E-state index contributed by atoms with van der Waals surface area (Å²) in [5.41, 5.74) is 6.76. The minimum absolute atomic E-state index is 0.00511. The van der Waals surface area contributed by atoms with Crippen molar-refractivity contribution in [2.24, 2.45) is 5.10 Å². The molecule has 3 heterocycles. The summed E-state index contributed by atoms with van der Waals surface area (Å²) in [4.78, 5) is 43.1. The van der Waals surface area contributed by atoms with Crippen LogP contribution in [0.2, 0.25) is 0 Å². The summed E-state index contributed by atoms with van der Waals surface area (Å²) in [6, 6.07) is 9.69. The number of nitrogens with zero attached hydrogens (tertiary/aromatic N) is 4. The fraction of sp³-hybridized carbons (Fsp3) is 0.381. The molecule has 0 unspecified atom stereocenters. The van der Waals surface area contributed by atoms with Gasteiger partial charge < -0.3 is 9.64 Å². The molecule has 0 atom stereocenters. The fourth-order valence-electron chi connectivity index (χ4n) is 3.34. The largest absolute Gasteiger partial charge is 0.378 e. The summed E-state index contributed by atoms with van der Waals surface area (Å²) in [6.45, 7) is 3.22. The fourth-order valence-corrected chi connectivity index (χ4v) is 4.20. The van der Waals surface area contributed by atoms with Crippen molar-refractivity contribution in [3.8, 4) is 0 Å². The average molecular weight is 457 g/mol. The molecule has 0 aliphatic carbocycles. The van der Waals surface area contributed by atoms with Gasteiger partial charge in [-0.1, -0.05) is 30.3 Å². The smallest absolute Gasteiger partial charge is 0.289 e. The zero-order chi connectivity index (χ0) is 22.3. The second kappa shape index (κ2) is 10.3. The predicted molar refractivity (Wildman–Crippen MR) is 119 cm³/mol. The Bertz CT molecular complexity index is 1000. The van der Waals surface area contributed by atoms with Crippen LogP contribution in [0.4, 0.5) is 5.13 Å². The summed E-state index contributed by atoms with van der Waals surface area (Å²) < 4.78 is 5.31. The molecule has 11 heteroatoms. The zero-order valence-corrected chi connectivity index (χ0v) is 18.3. The lowest BCUT2D eigenvalue weighted by molar-refractivity contribution is -0.133. The minimum Gasteiger partial charge on any atom is -0.378 e. The van der Waals surface area contributed by atoms with Crippen LogP contribution in [-0.2, 0) is 14.3 Å². The van der Waals surface area contributed by atoms with Crippen LogP contribution < -0.4 is 15.8 Å². The van der Waals surface area contributed by atoms with E-state index < -0.39 is 11.8 Å². The Kier molecular flexibility index (Phi) is 7.07. The molecular weight excluding hydrogens is 432 g/mol. The maximum atomic E-state index is 12.4. The van der Waals surface area contributed by atoms with Crippen molar-refractivity contribution in [1.82, 2.24) is 20.8 Å². The predicted octanol–water partition coefficient (Wildman–Crippen LogP) is 1.16.